The van der Waals surface area contributed by atoms with Crippen LogP contribution in [0.15, 0.2) is 205 Å². The first-order chi connectivity index (χ1) is 38.1. The number of fused-ring (bicyclic) bond motifs is 10. The molecule has 0 amide bonds. The van der Waals surface area contributed by atoms with Crippen LogP contribution in [-0.4, -0.2) is 11.3 Å². The van der Waals surface area contributed by atoms with Crippen LogP contribution in [0.4, 0.5) is 51.2 Å². The third kappa shape index (κ3) is 7.84. The van der Waals surface area contributed by atoms with Crippen molar-refractivity contribution >= 4 is 118 Å². The number of anilines is 9. The molecule has 0 aliphatic carbocycles. The Morgan fingerprint density at radius 1 is 0.430 bits per heavy atom. The molecule has 2 aliphatic rings. The molecule has 0 bridgehead atoms. The van der Waals surface area contributed by atoms with Crippen molar-refractivity contribution in [1.82, 2.24) is 4.57 Å². The van der Waals surface area contributed by atoms with E-state index >= 15 is 0 Å². The van der Waals surface area contributed by atoms with E-state index in [1.165, 1.54) is 55.0 Å². The van der Waals surface area contributed by atoms with E-state index in [1.807, 2.05) is 12.1 Å². The smallest absolute Gasteiger partial charge is 0.256 e. The maximum atomic E-state index is 7.49. The molecule has 0 spiro atoms. The van der Waals surface area contributed by atoms with Gasteiger partial charge in [-0.25, -0.2) is 0 Å². The molecule has 0 saturated carbocycles. The molecule has 6 nitrogen and oxygen atoms in total. The SMILES string of the molecule is Cc1ccc(N(c2ccc3c(c2)Oc2cc(C(C)(C)C)cc4c2B3c2cc(C(C)(C)C)ccc2N4c2ccc(N(c3ccc(C)cc3)c3ccc(C)cc3)c3c4ccccc4n(C)c23)c2ccc3c(c2)oc2ccccc23)cc1. The van der Waals surface area contributed by atoms with Gasteiger partial charge in [-0.15, -0.1) is 0 Å². The molecule has 0 N–H and O–H groups in total. The highest BCUT2D eigenvalue weighted by molar-refractivity contribution is 6.99. The summed E-state index contributed by atoms with van der Waals surface area (Å²) < 4.78 is 16.4. The lowest BCUT2D eigenvalue weighted by atomic mass is 9.34. The monoisotopic (exact) mass is 1030 g/mol. The first-order valence-corrected chi connectivity index (χ1v) is 27.7. The van der Waals surface area contributed by atoms with Crippen LogP contribution in [0.2, 0.25) is 0 Å². The third-order valence-electron chi connectivity index (χ3n) is 16.7. The Morgan fingerprint density at radius 3 is 1.67 bits per heavy atom. The van der Waals surface area contributed by atoms with Crippen molar-refractivity contribution in [3.05, 3.63) is 228 Å². The molecule has 0 saturated heterocycles. The molecule has 386 valence electrons. The van der Waals surface area contributed by atoms with Gasteiger partial charge < -0.3 is 28.4 Å². The first kappa shape index (κ1) is 48.4. The average Bonchev–Trinajstić information content (AvgIpc) is 4.18. The van der Waals surface area contributed by atoms with Gasteiger partial charge in [0.1, 0.15) is 22.7 Å². The molecule has 0 atom stereocenters. The van der Waals surface area contributed by atoms with Crippen LogP contribution >= 0.6 is 0 Å². The Kier molecular flexibility index (Phi) is 10.9. The highest BCUT2D eigenvalue weighted by atomic mass is 16.5. The molecule has 7 heteroatoms. The Hall–Kier alpha value is -8.94. The minimum absolute atomic E-state index is 0.105. The summed E-state index contributed by atoms with van der Waals surface area (Å²) in [5.74, 6) is 1.73. The number of para-hydroxylation sites is 2. The molecular formula is C72H63BN4O2. The number of furan rings is 1. The summed E-state index contributed by atoms with van der Waals surface area (Å²) in [6, 6.07) is 74.0. The fraction of sp³-hybridized carbons (Fsp3) is 0.167. The second-order valence-corrected chi connectivity index (χ2v) is 24.1. The van der Waals surface area contributed by atoms with Crippen molar-refractivity contribution in [3.63, 3.8) is 0 Å². The Balaban J connectivity index is 1.00. The van der Waals surface area contributed by atoms with E-state index in [2.05, 4.69) is 277 Å². The van der Waals surface area contributed by atoms with E-state index in [0.717, 1.165) is 95.6 Å². The fourth-order valence-corrected chi connectivity index (χ4v) is 12.5. The quantitative estimate of drug-likeness (QED) is 0.149. The first-order valence-electron chi connectivity index (χ1n) is 27.7. The minimum atomic E-state index is -0.201. The number of nitrogens with zero attached hydrogens (tertiary/aromatic N) is 4. The van der Waals surface area contributed by atoms with Crippen LogP contribution in [0, 0.1) is 20.8 Å². The van der Waals surface area contributed by atoms with Crippen LogP contribution in [0.25, 0.3) is 43.7 Å². The molecular weight excluding hydrogens is 964 g/mol. The van der Waals surface area contributed by atoms with Gasteiger partial charge in [-0.3, -0.25) is 0 Å². The zero-order valence-corrected chi connectivity index (χ0v) is 46.7. The average molecular weight is 1030 g/mol. The number of ether oxygens (including phenoxy) is 1. The summed E-state index contributed by atoms with van der Waals surface area (Å²) in [7, 11) is 2.24. The highest BCUT2D eigenvalue weighted by Gasteiger charge is 2.44. The molecule has 79 heavy (non-hydrogen) atoms. The van der Waals surface area contributed by atoms with E-state index in [4.69, 9.17) is 9.15 Å². The van der Waals surface area contributed by atoms with Gasteiger partial charge in [0, 0.05) is 86.1 Å². The van der Waals surface area contributed by atoms with Crippen LogP contribution < -0.4 is 35.8 Å². The molecule has 0 radical (unpaired) electrons. The number of hydrogen-bond acceptors (Lipinski definition) is 5. The van der Waals surface area contributed by atoms with Crippen molar-refractivity contribution in [2.24, 2.45) is 7.05 Å². The second-order valence-electron chi connectivity index (χ2n) is 24.1. The normalized spacial score (nSPS) is 13.0. The molecule has 10 aromatic carbocycles. The summed E-state index contributed by atoms with van der Waals surface area (Å²) in [6.45, 7) is 20.2. The Morgan fingerprint density at radius 2 is 1.00 bits per heavy atom. The standard InChI is InChI=1S/C72H63BN4O2/c1-44-19-26-49(27-20-44)75(52-32-34-55-54-15-12-14-18-64(54)78-65(55)42-52)53-33-35-57-66(43-53)79-67-41-48(72(7,8)9)40-63-69(67)73(57)58-39-47(71(4,5)6)25-36-60(58)77(63)62-38-37-61(68-56-16-11-13-17-59(56)74(10)70(62)68)76(50-28-21-45(2)22-29-50)51-30-23-46(3)24-31-51/h11-43H,1-10H3. The van der Waals surface area contributed by atoms with Gasteiger partial charge in [-0.2, -0.15) is 0 Å². The highest BCUT2D eigenvalue weighted by Crippen LogP contribution is 2.51. The lowest BCUT2D eigenvalue weighted by molar-refractivity contribution is 0.483. The molecule has 0 unspecified atom stereocenters. The van der Waals surface area contributed by atoms with Gasteiger partial charge in [0.2, 0.25) is 0 Å². The maximum Gasteiger partial charge on any atom is 0.256 e. The molecule has 2 aliphatic heterocycles. The summed E-state index contributed by atoms with van der Waals surface area (Å²) >= 11 is 0. The van der Waals surface area contributed by atoms with Crippen LogP contribution in [-0.2, 0) is 17.9 Å². The van der Waals surface area contributed by atoms with Crippen molar-refractivity contribution in [2.75, 3.05) is 14.7 Å². The van der Waals surface area contributed by atoms with Crippen molar-refractivity contribution in [3.8, 4) is 11.5 Å². The topological polar surface area (TPSA) is 37.0 Å². The van der Waals surface area contributed by atoms with E-state index in [-0.39, 0.29) is 17.5 Å². The van der Waals surface area contributed by atoms with E-state index in [0.29, 0.717) is 0 Å². The van der Waals surface area contributed by atoms with Crippen LogP contribution in [0.3, 0.4) is 0 Å². The van der Waals surface area contributed by atoms with Crippen molar-refractivity contribution < 1.29 is 9.15 Å². The summed E-state index contributed by atoms with van der Waals surface area (Å²) in [5, 5.41) is 4.61. The molecule has 12 aromatic rings. The van der Waals surface area contributed by atoms with Gasteiger partial charge in [-0.05, 0) is 156 Å². The van der Waals surface area contributed by atoms with Gasteiger partial charge in [0.25, 0.3) is 6.71 Å². The van der Waals surface area contributed by atoms with Crippen LogP contribution in [0.1, 0.15) is 69.4 Å². The number of hydrogen-bond donors (Lipinski definition) is 0. The second kappa shape index (κ2) is 17.8. The van der Waals surface area contributed by atoms with Crippen LogP contribution in [0.5, 0.6) is 11.5 Å². The summed E-state index contributed by atoms with van der Waals surface area (Å²) in [6.07, 6.45) is 0. The molecule has 4 heterocycles. The third-order valence-corrected chi connectivity index (χ3v) is 16.7. The van der Waals surface area contributed by atoms with Gasteiger partial charge in [0.05, 0.1) is 16.9 Å². The van der Waals surface area contributed by atoms with E-state index in [1.54, 1.807) is 0 Å². The predicted molar refractivity (Wildman–Crippen MR) is 335 cm³/mol. The molecule has 2 aromatic heterocycles. The number of rotatable bonds is 7. The minimum Gasteiger partial charge on any atom is -0.458 e. The molecule has 0 fully saturated rings. The van der Waals surface area contributed by atoms with Crippen molar-refractivity contribution in [2.45, 2.75) is 73.1 Å². The summed E-state index contributed by atoms with van der Waals surface area (Å²) in [5.41, 5.74) is 23.3. The van der Waals surface area contributed by atoms with Crippen molar-refractivity contribution in [1.29, 1.82) is 0 Å². The predicted octanol–water partition coefficient (Wildman–Crippen LogP) is 18.1. The number of aryl methyl sites for hydroxylation is 4. The van der Waals surface area contributed by atoms with E-state index in [9.17, 15) is 0 Å². The van der Waals surface area contributed by atoms with E-state index < -0.39 is 0 Å². The number of benzene rings is 10. The van der Waals surface area contributed by atoms with Gasteiger partial charge in [-0.1, -0.05) is 149 Å². The maximum absolute atomic E-state index is 7.49. The Bertz CT molecular complexity index is 4380. The number of aromatic nitrogens is 1. The fourth-order valence-electron chi connectivity index (χ4n) is 12.5. The lowest BCUT2D eigenvalue weighted by Crippen LogP contribution is -2.59. The Labute approximate surface area is 463 Å². The van der Waals surface area contributed by atoms with Gasteiger partial charge in [0.15, 0.2) is 0 Å². The lowest BCUT2D eigenvalue weighted by Gasteiger charge is -2.42. The zero-order valence-electron chi connectivity index (χ0n) is 46.7. The zero-order chi connectivity index (χ0) is 54.2. The van der Waals surface area contributed by atoms with Gasteiger partial charge >= 0.3 is 0 Å². The largest absolute Gasteiger partial charge is 0.458 e. The summed E-state index contributed by atoms with van der Waals surface area (Å²) in [4.78, 5) is 7.33. The molecule has 14 rings (SSSR count).